The van der Waals surface area contributed by atoms with Crippen molar-refractivity contribution >= 4 is 16.9 Å². The number of benzene rings is 1. The van der Waals surface area contributed by atoms with Gasteiger partial charge in [-0.15, -0.1) is 0 Å². The molecule has 0 bridgehead atoms. The van der Waals surface area contributed by atoms with Gasteiger partial charge in [0.05, 0.1) is 18.2 Å². The molecule has 3 aromatic rings. The number of hydrogen-bond acceptors (Lipinski definition) is 4. The van der Waals surface area contributed by atoms with Gasteiger partial charge in [0.25, 0.3) is 0 Å². The van der Waals surface area contributed by atoms with Crippen molar-refractivity contribution in [2.45, 2.75) is 33.2 Å². The minimum absolute atomic E-state index is 0.0854. The molecule has 0 spiro atoms. The van der Waals surface area contributed by atoms with E-state index in [1.807, 2.05) is 43.3 Å². The van der Waals surface area contributed by atoms with Crippen LogP contribution in [0.5, 0.6) is 0 Å². The smallest absolute Gasteiger partial charge is 0.226 e. The minimum atomic E-state index is -0.128. The van der Waals surface area contributed by atoms with Gasteiger partial charge in [-0.3, -0.25) is 9.78 Å². The number of nitrogens with zero attached hydrogens (tertiary/aromatic N) is 2. The third-order valence-electron chi connectivity index (χ3n) is 4.11. The first-order valence-corrected chi connectivity index (χ1v) is 8.10. The fraction of sp³-hybridized carbons (Fsp3) is 0.316. The van der Waals surface area contributed by atoms with Gasteiger partial charge in [0, 0.05) is 11.6 Å². The third kappa shape index (κ3) is 3.30. The lowest BCUT2D eigenvalue weighted by Crippen LogP contribution is -2.34. The van der Waals surface area contributed by atoms with Gasteiger partial charge in [0.15, 0.2) is 5.58 Å². The highest BCUT2D eigenvalue weighted by molar-refractivity contribution is 5.86. The fourth-order valence-corrected chi connectivity index (χ4v) is 2.82. The molecule has 1 amide bonds. The van der Waals surface area contributed by atoms with Crippen LogP contribution >= 0.6 is 0 Å². The molecule has 0 aliphatic carbocycles. The molecule has 3 rings (SSSR count). The average molecular weight is 323 g/mol. The lowest BCUT2D eigenvalue weighted by Gasteiger charge is -2.23. The molecule has 124 valence electrons. The Hall–Kier alpha value is -2.69. The highest BCUT2D eigenvalue weighted by Gasteiger charge is 2.22. The molecule has 2 heterocycles. The highest BCUT2D eigenvalue weighted by atomic mass is 16.5. The number of para-hydroxylation sites is 1. The molecule has 0 saturated carbocycles. The van der Waals surface area contributed by atoms with Gasteiger partial charge >= 0.3 is 0 Å². The maximum absolute atomic E-state index is 12.5. The quantitative estimate of drug-likeness (QED) is 0.779. The van der Waals surface area contributed by atoms with Crippen molar-refractivity contribution < 1.29 is 9.32 Å². The zero-order chi connectivity index (χ0) is 17.1. The minimum Gasteiger partial charge on any atom is -0.356 e. The van der Waals surface area contributed by atoms with E-state index in [-0.39, 0.29) is 24.3 Å². The summed E-state index contributed by atoms with van der Waals surface area (Å²) in [5.41, 5.74) is 3.33. The van der Waals surface area contributed by atoms with Gasteiger partial charge in [-0.2, -0.15) is 0 Å². The van der Waals surface area contributed by atoms with Crippen molar-refractivity contribution in [1.29, 1.82) is 0 Å². The summed E-state index contributed by atoms with van der Waals surface area (Å²) in [6.45, 7) is 6.16. The second-order valence-electron chi connectivity index (χ2n) is 6.30. The van der Waals surface area contributed by atoms with Crippen molar-refractivity contribution in [3.63, 3.8) is 0 Å². The first kappa shape index (κ1) is 16.2. The van der Waals surface area contributed by atoms with Crippen molar-refractivity contribution in [2.75, 3.05) is 0 Å². The topological polar surface area (TPSA) is 68.0 Å². The second kappa shape index (κ2) is 6.83. The fourth-order valence-electron chi connectivity index (χ4n) is 2.82. The number of fused-ring (bicyclic) bond motifs is 1. The van der Waals surface area contributed by atoms with Crippen molar-refractivity contribution in [3.8, 4) is 0 Å². The highest BCUT2D eigenvalue weighted by Crippen LogP contribution is 2.23. The molecule has 5 nitrogen and oxygen atoms in total. The number of carbonyl (C=O) groups is 1. The predicted molar refractivity (Wildman–Crippen MR) is 92.4 cm³/mol. The van der Waals surface area contributed by atoms with Crippen LogP contribution in [-0.4, -0.2) is 16.0 Å². The summed E-state index contributed by atoms with van der Waals surface area (Å²) in [5, 5.41) is 8.00. The van der Waals surface area contributed by atoms with Gasteiger partial charge in [0.1, 0.15) is 5.69 Å². The lowest BCUT2D eigenvalue weighted by molar-refractivity contribution is -0.121. The monoisotopic (exact) mass is 323 g/mol. The number of aryl methyl sites for hydroxylation is 1. The first-order chi connectivity index (χ1) is 11.6. The number of carbonyl (C=O) groups excluding carboxylic acids is 1. The molecule has 1 aromatic carbocycles. The molecular formula is C19H21N3O2. The summed E-state index contributed by atoms with van der Waals surface area (Å²) in [4.78, 5) is 17.0. The Morgan fingerprint density at radius 3 is 2.75 bits per heavy atom. The summed E-state index contributed by atoms with van der Waals surface area (Å²) < 4.78 is 5.26. The Kier molecular flexibility index (Phi) is 4.60. The van der Waals surface area contributed by atoms with Crippen molar-refractivity contribution in [3.05, 3.63) is 59.5 Å². The number of rotatable bonds is 5. The predicted octanol–water partition coefficient (Wildman–Crippen LogP) is 3.59. The van der Waals surface area contributed by atoms with E-state index in [1.54, 1.807) is 6.20 Å². The summed E-state index contributed by atoms with van der Waals surface area (Å²) in [6, 6.07) is 11.3. The van der Waals surface area contributed by atoms with Crippen LogP contribution in [0.4, 0.5) is 0 Å². The number of pyridine rings is 1. The zero-order valence-corrected chi connectivity index (χ0v) is 14.1. The normalized spacial score (nSPS) is 12.5. The standard InChI is InChI=1S/C19H21N3O2/c1-12(2)18(19-13(3)7-6-10-20-19)21-17(23)11-15-14-8-4-5-9-16(14)24-22-15/h4-10,12,18H,11H2,1-3H3,(H,21,23). The van der Waals surface area contributed by atoms with Crippen LogP contribution in [0.25, 0.3) is 11.0 Å². The van der Waals surface area contributed by atoms with Crippen LogP contribution in [0.15, 0.2) is 47.1 Å². The maximum Gasteiger partial charge on any atom is 0.226 e. The molecule has 1 atom stereocenters. The maximum atomic E-state index is 12.5. The van der Waals surface area contributed by atoms with Gasteiger partial charge in [0.2, 0.25) is 5.91 Å². The third-order valence-corrected chi connectivity index (χ3v) is 4.11. The van der Waals surface area contributed by atoms with E-state index in [9.17, 15) is 4.79 Å². The van der Waals surface area contributed by atoms with E-state index >= 15 is 0 Å². The number of hydrogen-bond donors (Lipinski definition) is 1. The van der Waals surface area contributed by atoms with E-state index in [2.05, 4.69) is 29.3 Å². The Labute approximate surface area is 141 Å². The number of nitrogens with one attached hydrogen (secondary N) is 1. The second-order valence-corrected chi connectivity index (χ2v) is 6.30. The van der Waals surface area contributed by atoms with Gasteiger partial charge < -0.3 is 9.84 Å². The molecule has 0 aliphatic rings. The molecule has 0 saturated heterocycles. The average Bonchev–Trinajstić information content (AvgIpc) is 2.96. The van der Waals surface area contributed by atoms with E-state index in [4.69, 9.17) is 4.52 Å². The Balaban J connectivity index is 1.78. The Bertz CT molecular complexity index is 854. The van der Waals surface area contributed by atoms with E-state index in [1.165, 1.54) is 0 Å². The SMILES string of the molecule is Cc1cccnc1C(NC(=O)Cc1noc2ccccc12)C(C)C. The van der Waals surface area contributed by atoms with Gasteiger partial charge in [-0.25, -0.2) is 0 Å². The van der Waals surface area contributed by atoms with Crippen LogP contribution in [0.3, 0.4) is 0 Å². The Morgan fingerprint density at radius 1 is 1.21 bits per heavy atom. The summed E-state index contributed by atoms with van der Waals surface area (Å²) in [5.74, 6) is 0.148. The van der Waals surface area contributed by atoms with Crippen LogP contribution < -0.4 is 5.32 Å². The molecule has 0 radical (unpaired) electrons. The molecule has 1 N–H and O–H groups in total. The zero-order valence-electron chi connectivity index (χ0n) is 14.1. The summed E-state index contributed by atoms with van der Waals surface area (Å²) in [6.07, 6.45) is 1.95. The number of amides is 1. The van der Waals surface area contributed by atoms with Crippen LogP contribution in [0, 0.1) is 12.8 Å². The van der Waals surface area contributed by atoms with Gasteiger partial charge in [-0.1, -0.05) is 37.2 Å². The first-order valence-electron chi connectivity index (χ1n) is 8.10. The molecule has 24 heavy (non-hydrogen) atoms. The van der Waals surface area contributed by atoms with E-state index in [0.717, 1.165) is 16.6 Å². The number of aromatic nitrogens is 2. The van der Waals surface area contributed by atoms with Crippen LogP contribution in [0.1, 0.15) is 36.8 Å². The molecule has 0 aliphatic heterocycles. The van der Waals surface area contributed by atoms with Crippen molar-refractivity contribution in [1.82, 2.24) is 15.5 Å². The van der Waals surface area contributed by atoms with Crippen LogP contribution in [0.2, 0.25) is 0 Å². The molecule has 1 unspecified atom stereocenters. The van der Waals surface area contributed by atoms with Gasteiger partial charge in [-0.05, 0) is 36.6 Å². The molecular weight excluding hydrogens is 302 g/mol. The summed E-state index contributed by atoms with van der Waals surface area (Å²) in [7, 11) is 0. The lowest BCUT2D eigenvalue weighted by atomic mass is 9.97. The largest absolute Gasteiger partial charge is 0.356 e. The van der Waals surface area contributed by atoms with E-state index in [0.29, 0.717) is 11.3 Å². The van der Waals surface area contributed by atoms with Crippen molar-refractivity contribution in [2.24, 2.45) is 5.92 Å². The molecule has 2 aromatic heterocycles. The van der Waals surface area contributed by atoms with Crippen LogP contribution in [-0.2, 0) is 11.2 Å². The molecule has 0 fully saturated rings. The summed E-state index contributed by atoms with van der Waals surface area (Å²) >= 11 is 0. The molecule has 5 heteroatoms. The Morgan fingerprint density at radius 2 is 2.00 bits per heavy atom. The van der Waals surface area contributed by atoms with E-state index < -0.39 is 0 Å².